The van der Waals surface area contributed by atoms with E-state index in [1.807, 2.05) is 36.5 Å². The summed E-state index contributed by atoms with van der Waals surface area (Å²) in [6, 6.07) is 24.0. The van der Waals surface area contributed by atoms with Gasteiger partial charge in [0.25, 0.3) is 23.6 Å². The molecule has 4 fully saturated rings. The summed E-state index contributed by atoms with van der Waals surface area (Å²) in [5, 5.41) is 21.0. The molecule has 0 unspecified atom stereocenters. The molecule has 90 heavy (non-hydrogen) atoms. The zero-order chi connectivity index (χ0) is 64.0. The average Bonchev–Trinajstić information content (AvgIpc) is 1.77. The number of rotatable bonds is 16. The Kier molecular flexibility index (Phi) is 20.9. The Morgan fingerprint density at radius 1 is 0.533 bits per heavy atom. The number of nitrogens with two attached hydrogens (primary N) is 3. The van der Waals surface area contributed by atoms with Crippen molar-refractivity contribution in [3.63, 3.8) is 0 Å². The first-order valence-electron chi connectivity index (χ1n) is 29.7. The number of carbonyl (C=O) groups excluding carboxylic acids is 8. The minimum atomic E-state index is -0.574. The quantitative estimate of drug-likeness (QED) is 0.0849. The predicted molar refractivity (Wildman–Crippen MR) is 336 cm³/mol. The molecule has 0 radical (unpaired) electrons. The number of nitrogens with zero attached hydrogens (tertiary/aromatic N) is 12. The van der Waals surface area contributed by atoms with Crippen LogP contribution in [0.25, 0.3) is 33.8 Å². The number of ether oxygens (including phenoxy) is 1. The Morgan fingerprint density at radius 2 is 0.944 bits per heavy atom. The summed E-state index contributed by atoms with van der Waals surface area (Å²) in [6.07, 6.45) is 17.6. The van der Waals surface area contributed by atoms with Crippen molar-refractivity contribution in [1.29, 1.82) is 0 Å². The highest BCUT2D eigenvalue weighted by molar-refractivity contribution is 6.01. The van der Waals surface area contributed by atoms with Crippen molar-refractivity contribution in [1.82, 2.24) is 58.7 Å². The van der Waals surface area contributed by atoms with E-state index in [0.29, 0.717) is 123 Å². The van der Waals surface area contributed by atoms with E-state index in [0.717, 1.165) is 55.2 Å². The van der Waals surface area contributed by atoms with Crippen LogP contribution in [0.2, 0.25) is 0 Å². The number of hydrogen-bond acceptors (Lipinski definition) is 13. The maximum Gasteiger partial charge on any atom is 0.254 e. The van der Waals surface area contributed by atoms with Gasteiger partial charge < -0.3 is 46.9 Å². The summed E-state index contributed by atoms with van der Waals surface area (Å²) < 4.78 is 12.3. The van der Waals surface area contributed by atoms with E-state index in [-0.39, 0.29) is 47.7 Å². The van der Waals surface area contributed by atoms with Crippen molar-refractivity contribution in [2.45, 2.75) is 70.1 Å². The minimum absolute atomic E-state index is 0.0196. The van der Waals surface area contributed by atoms with Gasteiger partial charge >= 0.3 is 0 Å². The van der Waals surface area contributed by atoms with Crippen molar-refractivity contribution < 1.29 is 43.1 Å². The van der Waals surface area contributed by atoms with Crippen molar-refractivity contribution >= 4 is 52.9 Å². The molecule has 3 atom stereocenters. The average molecular weight is 1220 g/mol. The number of morpholine rings is 1. The summed E-state index contributed by atoms with van der Waals surface area (Å²) in [4.78, 5) is 103. The zero-order valence-electron chi connectivity index (χ0n) is 50.3. The van der Waals surface area contributed by atoms with Gasteiger partial charge in [-0.15, -0.1) is 0 Å². The fourth-order valence-corrected chi connectivity index (χ4v) is 11.4. The van der Waals surface area contributed by atoms with Gasteiger partial charge in [0.2, 0.25) is 23.6 Å². The second-order valence-electron chi connectivity index (χ2n) is 22.2. The molecular weight excluding hydrogens is 1150 g/mol. The number of anilines is 1. The molecule has 4 aromatic heterocycles. The van der Waals surface area contributed by atoms with Crippen molar-refractivity contribution in [2.24, 2.45) is 17.2 Å². The van der Waals surface area contributed by atoms with E-state index in [1.54, 1.807) is 112 Å². The third kappa shape index (κ3) is 15.6. The molecule has 8 amide bonds. The molecule has 4 aliphatic rings. The van der Waals surface area contributed by atoms with Gasteiger partial charge in [0.1, 0.15) is 17.1 Å². The molecule has 8 heterocycles. The Morgan fingerprint density at radius 3 is 1.34 bits per heavy atom. The molecule has 0 bridgehead atoms. The molecule has 25 nitrogen and oxygen atoms in total. The highest BCUT2D eigenvalue weighted by Crippen LogP contribution is 2.31. The van der Waals surface area contributed by atoms with Crippen LogP contribution in [0.5, 0.6) is 0 Å². The van der Waals surface area contributed by atoms with Gasteiger partial charge in [-0.2, -0.15) is 20.4 Å². The van der Waals surface area contributed by atoms with Gasteiger partial charge in [-0.05, 0) is 86.6 Å². The molecular formula is C65H74N16O9. The number of carbonyl (C=O) groups is 8. The fraction of sp³-hybridized carbons (Fsp3) is 0.323. The lowest BCUT2D eigenvalue weighted by molar-refractivity contribution is -0.128. The van der Waals surface area contributed by atoms with E-state index >= 15 is 0 Å². The van der Waals surface area contributed by atoms with Crippen LogP contribution in [0.1, 0.15) is 111 Å². The number of nitrogens with one attached hydrogen (secondary N) is 1. The van der Waals surface area contributed by atoms with Crippen LogP contribution in [-0.2, 0) is 30.5 Å². The monoisotopic (exact) mass is 1220 g/mol. The molecule has 0 spiro atoms. The number of piperidine rings is 3. The topological polar surface area (TPSA) is 320 Å². The maximum absolute atomic E-state index is 12.7. The summed E-state index contributed by atoms with van der Waals surface area (Å²) in [5.41, 5.74) is 23.7. The number of hydrogen-bond donors (Lipinski definition) is 4. The molecule has 25 heteroatoms. The van der Waals surface area contributed by atoms with Crippen molar-refractivity contribution in [3.8, 4) is 33.8 Å². The van der Waals surface area contributed by atoms with E-state index < -0.39 is 17.7 Å². The first-order chi connectivity index (χ1) is 43.4. The van der Waals surface area contributed by atoms with Crippen LogP contribution in [0, 0.1) is 0 Å². The summed E-state index contributed by atoms with van der Waals surface area (Å²) >= 11 is 0. The Labute approximate surface area is 520 Å². The van der Waals surface area contributed by atoms with Gasteiger partial charge in [0, 0.05) is 112 Å². The van der Waals surface area contributed by atoms with Gasteiger partial charge in [0.05, 0.1) is 60.8 Å². The standard InChI is InChI=1S/C23H27N5O4.C22H24N6O2.C20H23N5O3/c1-2-20(29)27-9-3-4-18(14-27)28-15-19(22(24)30)21(25-28)16-5-7-17(8-6-16)23(31)26-10-12-32-13-11-26;1-2-20(29)26-10-6-9-18(14-26)28-15-19(22(23)30)21(25-28)17-11-24-27(13-17)12-16-7-4-3-5-8-16;1-3-18(27)24-10-4-5-16(11-24)25-12-17(20(21)28)19(23-25)14-6-8-15(9-7-14)22-13(2)26/h2,5-8,15,18H,1,3-4,9-14H2,(H2,24,30);2-5,7-8,11,13,15,18H,1,6,9-10,12,14H2,(H2,23,30);3,6-9,12,16H,1,4-5,10-11H2,2H3,(H2,21,28)(H,22,26)/t2*18-;16-/m111/s1. The first kappa shape index (κ1) is 63.9. The van der Waals surface area contributed by atoms with Crippen LogP contribution in [0.15, 0.2) is 148 Å². The number of aromatic nitrogens is 8. The maximum atomic E-state index is 12.7. The first-order valence-corrected chi connectivity index (χ1v) is 29.7. The van der Waals surface area contributed by atoms with Gasteiger partial charge in [0.15, 0.2) is 0 Å². The van der Waals surface area contributed by atoms with Crippen molar-refractivity contribution in [3.05, 3.63) is 176 Å². The second-order valence-corrected chi connectivity index (χ2v) is 22.2. The zero-order valence-corrected chi connectivity index (χ0v) is 50.3. The molecule has 7 N–H and O–H groups in total. The van der Waals surface area contributed by atoms with Gasteiger partial charge in [-0.1, -0.05) is 74.3 Å². The minimum Gasteiger partial charge on any atom is -0.378 e. The second kappa shape index (κ2) is 29.4. The lowest BCUT2D eigenvalue weighted by Crippen LogP contribution is -2.40. The van der Waals surface area contributed by atoms with Gasteiger partial charge in [-0.3, -0.25) is 57.1 Å². The van der Waals surface area contributed by atoms with E-state index in [2.05, 4.69) is 45.4 Å². The molecule has 4 aliphatic heterocycles. The highest BCUT2D eigenvalue weighted by Gasteiger charge is 2.30. The third-order valence-corrected chi connectivity index (χ3v) is 16.0. The van der Waals surface area contributed by atoms with Crippen LogP contribution in [0.3, 0.4) is 0 Å². The van der Waals surface area contributed by atoms with E-state index in [9.17, 15) is 38.4 Å². The lowest BCUT2D eigenvalue weighted by Gasteiger charge is -2.32. The molecule has 468 valence electrons. The number of amides is 8. The molecule has 4 saturated heterocycles. The Hall–Kier alpha value is -10.6. The van der Waals surface area contributed by atoms with Crippen LogP contribution in [-0.4, -0.2) is 172 Å². The molecule has 0 saturated carbocycles. The van der Waals surface area contributed by atoms with E-state index in [1.165, 1.54) is 25.2 Å². The molecule has 3 aromatic carbocycles. The number of primary amides is 3. The number of likely N-dealkylation sites (tertiary alicyclic amines) is 3. The Balaban J connectivity index is 0.000000160. The van der Waals surface area contributed by atoms with Crippen molar-refractivity contribution in [2.75, 3.05) is 70.9 Å². The summed E-state index contributed by atoms with van der Waals surface area (Å²) in [6.45, 7) is 18.5. The highest BCUT2D eigenvalue weighted by atomic mass is 16.5. The molecule has 11 rings (SSSR count). The SMILES string of the molecule is C=CC(=O)N1CCC[C@@H](n2cc(C(N)=O)c(-c3ccc(C(=O)N4CCOCC4)cc3)n2)C1.C=CC(=O)N1CCC[C@@H](n2cc(C(N)=O)c(-c3ccc(NC(C)=O)cc3)n2)C1.C=CC(=O)N1CCC[C@@H](n2cc(C(N)=O)c(-c3cnn(Cc4ccccc4)c3)n2)C1. The molecule has 7 aromatic rings. The molecule has 0 aliphatic carbocycles. The summed E-state index contributed by atoms with van der Waals surface area (Å²) in [5.74, 6) is -2.21. The largest absolute Gasteiger partial charge is 0.378 e. The van der Waals surface area contributed by atoms with Crippen LogP contribution >= 0.6 is 0 Å². The smallest absolute Gasteiger partial charge is 0.254 e. The van der Waals surface area contributed by atoms with Crippen LogP contribution < -0.4 is 22.5 Å². The lowest BCUT2D eigenvalue weighted by atomic mass is 10.0. The van der Waals surface area contributed by atoms with Gasteiger partial charge in [-0.25, -0.2) is 0 Å². The fourth-order valence-electron chi connectivity index (χ4n) is 11.4. The third-order valence-electron chi connectivity index (χ3n) is 16.0. The summed E-state index contributed by atoms with van der Waals surface area (Å²) in [7, 11) is 0. The van der Waals surface area contributed by atoms with Crippen LogP contribution in [0.4, 0.5) is 5.69 Å². The number of benzene rings is 3. The Bertz CT molecular complexity index is 3780. The normalized spacial score (nSPS) is 17.3. The van der Waals surface area contributed by atoms with E-state index in [4.69, 9.17) is 21.9 Å². The predicted octanol–water partition coefficient (Wildman–Crippen LogP) is 5.67.